The minimum Gasteiger partial charge on any atom is -0.453 e. The Morgan fingerprint density at radius 1 is 1.06 bits per heavy atom. The number of rotatable bonds is 1. The molecule has 2 rings (SSSR count). The zero-order valence-corrected chi connectivity index (χ0v) is 13.3. The molecule has 2 heterocycles. The fraction of sp³-hybridized carbons (Fsp3) is 0.143. The van der Waals surface area contributed by atoms with Crippen LogP contribution >= 0.6 is 0 Å². The number of H-pyrrole nitrogens is 2. The SMILES string of the molecule is Cc1cc(-c2[c-][nH]cc2)c(C)[nH]1.[CH3-].[CH3-].[CH3-].[CH3-].[Ru+5]. The number of hydrogen-bond acceptors (Lipinski definition) is 0. The minimum atomic E-state index is 0. The van der Waals surface area contributed by atoms with E-state index in [4.69, 9.17) is 0 Å². The van der Waals surface area contributed by atoms with Crippen molar-refractivity contribution in [1.29, 1.82) is 0 Å². The molecule has 0 spiro atoms. The average molecular weight is 320 g/mol. The number of aryl methyl sites for hydroxylation is 2. The Hall–Kier alpha value is -0.817. The standard InChI is InChI=1S/C10H11N2.4CH3.Ru/c1-7-5-10(8(2)12-7)9-3-4-11-6-9;;;;;/h3-5,11-12H,1-2H3;4*1H3;/q5*-1;+5. The zero-order valence-electron chi connectivity index (χ0n) is 11.6. The molecule has 3 heteroatoms. The second-order valence-electron chi connectivity index (χ2n) is 3.01. The van der Waals surface area contributed by atoms with Gasteiger partial charge in [-0.15, -0.1) is 11.8 Å². The van der Waals surface area contributed by atoms with Gasteiger partial charge in [0.1, 0.15) is 0 Å². The largest absolute Gasteiger partial charge is 5.00 e. The summed E-state index contributed by atoms with van der Waals surface area (Å²) < 4.78 is 0. The summed E-state index contributed by atoms with van der Waals surface area (Å²) >= 11 is 0. The molecule has 0 saturated carbocycles. The molecule has 0 bridgehead atoms. The van der Waals surface area contributed by atoms with E-state index in [1.54, 1.807) is 0 Å². The van der Waals surface area contributed by atoms with Crippen molar-refractivity contribution in [3.05, 3.63) is 65.6 Å². The normalized spacial score (nSPS) is 7.41. The van der Waals surface area contributed by atoms with Gasteiger partial charge in [0.2, 0.25) is 0 Å². The van der Waals surface area contributed by atoms with E-state index in [2.05, 4.69) is 36.1 Å². The molecule has 2 aromatic rings. The second-order valence-corrected chi connectivity index (χ2v) is 3.01. The van der Waals surface area contributed by atoms with Crippen molar-refractivity contribution in [3.63, 3.8) is 0 Å². The van der Waals surface area contributed by atoms with Gasteiger partial charge in [-0.2, -0.15) is 6.07 Å². The first kappa shape index (κ1) is 25.1. The Morgan fingerprint density at radius 3 is 2.00 bits per heavy atom. The van der Waals surface area contributed by atoms with Crippen LogP contribution in [0.1, 0.15) is 11.4 Å². The van der Waals surface area contributed by atoms with Crippen LogP contribution in [-0.4, -0.2) is 9.97 Å². The summed E-state index contributed by atoms with van der Waals surface area (Å²) in [6.07, 6.45) is 4.95. The minimum absolute atomic E-state index is 0. The quantitative estimate of drug-likeness (QED) is 0.582. The van der Waals surface area contributed by atoms with Crippen LogP contribution in [0, 0.1) is 49.8 Å². The van der Waals surface area contributed by atoms with Crippen molar-refractivity contribution in [3.8, 4) is 11.1 Å². The van der Waals surface area contributed by atoms with Gasteiger partial charge in [0.15, 0.2) is 0 Å². The van der Waals surface area contributed by atoms with E-state index in [1.807, 2.05) is 12.3 Å². The molecule has 0 unspecified atom stereocenters. The Morgan fingerprint density at radius 2 is 1.65 bits per heavy atom. The third-order valence-electron chi connectivity index (χ3n) is 1.98. The predicted molar refractivity (Wildman–Crippen MR) is 74.5 cm³/mol. The molecular weight excluding hydrogens is 297 g/mol. The first-order valence-electron chi connectivity index (χ1n) is 3.99. The van der Waals surface area contributed by atoms with Gasteiger partial charge in [0, 0.05) is 5.69 Å². The fourth-order valence-electron chi connectivity index (χ4n) is 1.45. The summed E-state index contributed by atoms with van der Waals surface area (Å²) in [5, 5.41) is 0. The van der Waals surface area contributed by atoms with Crippen molar-refractivity contribution in [2.75, 3.05) is 0 Å². The van der Waals surface area contributed by atoms with Crippen molar-refractivity contribution in [1.82, 2.24) is 9.97 Å². The van der Waals surface area contributed by atoms with Gasteiger partial charge in [-0.3, -0.25) is 0 Å². The molecule has 0 saturated heterocycles. The van der Waals surface area contributed by atoms with Gasteiger partial charge in [-0.1, -0.05) is 17.8 Å². The smallest absolute Gasteiger partial charge is 0.453 e. The molecule has 2 N–H and O–H groups in total. The fourth-order valence-corrected chi connectivity index (χ4v) is 1.45. The monoisotopic (exact) mass is 321 g/mol. The molecule has 0 atom stereocenters. The summed E-state index contributed by atoms with van der Waals surface area (Å²) in [4.78, 5) is 6.19. The summed E-state index contributed by atoms with van der Waals surface area (Å²) in [6, 6.07) is 4.16. The zero-order chi connectivity index (χ0) is 8.55. The van der Waals surface area contributed by atoms with Crippen molar-refractivity contribution in [2.24, 2.45) is 0 Å². The van der Waals surface area contributed by atoms with Crippen LogP contribution < -0.4 is 0 Å². The summed E-state index contributed by atoms with van der Waals surface area (Å²) in [6.45, 7) is 4.13. The molecule has 0 aromatic carbocycles. The maximum absolute atomic E-state index is 3.26. The van der Waals surface area contributed by atoms with E-state index < -0.39 is 0 Å². The van der Waals surface area contributed by atoms with Crippen molar-refractivity contribution in [2.45, 2.75) is 13.8 Å². The van der Waals surface area contributed by atoms with E-state index in [0.717, 1.165) is 5.56 Å². The van der Waals surface area contributed by atoms with E-state index in [0.29, 0.717) is 0 Å². The first-order valence-corrected chi connectivity index (χ1v) is 3.99. The van der Waals surface area contributed by atoms with Gasteiger partial charge in [0.05, 0.1) is 0 Å². The molecule has 97 valence electrons. The van der Waals surface area contributed by atoms with Crippen molar-refractivity contribution >= 4 is 0 Å². The van der Waals surface area contributed by atoms with Crippen LogP contribution in [0.25, 0.3) is 11.1 Å². The van der Waals surface area contributed by atoms with E-state index >= 15 is 0 Å². The number of aromatic amines is 2. The van der Waals surface area contributed by atoms with Crippen LogP contribution in [0.3, 0.4) is 0 Å². The maximum atomic E-state index is 3.26. The Labute approximate surface area is 120 Å². The third kappa shape index (κ3) is 5.36. The second kappa shape index (κ2) is 10.3. The topological polar surface area (TPSA) is 31.6 Å². The molecule has 0 amide bonds. The maximum Gasteiger partial charge on any atom is 5.00 e. The van der Waals surface area contributed by atoms with Crippen LogP contribution in [0.4, 0.5) is 0 Å². The molecule has 2 aromatic heterocycles. The molecular formula is C14H23N2Ru. The molecule has 1 radical (unpaired) electrons. The third-order valence-corrected chi connectivity index (χ3v) is 1.98. The van der Waals surface area contributed by atoms with Gasteiger partial charge in [-0.05, 0) is 19.5 Å². The first-order chi connectivity index (χ1) is 5.77. The van der Waals surface area contributed by atoms with Crippen LogP contribution in [0.15, 0.2) is 18.3 Å². The molecule has 0 aliphatic heterocycles. The average Bonchev–Trinajstić information content (AvgIpc) is 2.58. The Bertz CT molecular complexity index is 375. The van der Waals surface area contributed by atoms with Crippen LogP contribution in [-0.2, 0) is 19.5 Å². The number of nitrogens with one attached hydrogen (secondary N) is 2. The van der Waals surface area contributed by atoms with E-state index in [9.17, 15) is 0 Å². The van der Waals surface area contributed by atoms with Crippen LogP contribution in [0.5, 0.6) is 0 Å². The molecule has 0 aliphatic carbocycles. The summed E-state index contributed by atoms with van der Waals surface area (Å²) in [5.74, 6) is 0. The summed E-state index contributed by atoms with van der Waals surface area (Å²) in [7, 11) is 0. The van der Waals surface area contributed by atoms with Crippen LogP contribution in [0.2, 0.25) is 0 Å². The van der Waals surface area contributed by atoms with Gasteiger partial charge in [-0.25, -0.2) is 0 Å². The molecule has 17 heavy (non-hydrogen) atoms. The molecule has 0 fully saturated rings. The van der Waals surface area contributed by atoms with E-state index in [1.165, 1.54) is 17.0 Å². The van der Waals surface area contributed by atoms with E-state index in [-0.39, 0.29) is 49.2 Å². The molecule has 2 nitrogen and oxygen atoms in total. The number of aromatic nitrogens is 2. The van der Waals surface area contributed by atoms with Gasteiger partial charge >= 0.3 is 19.5 Å². The summed E-state index contributed by atoms with van der Waals surface area (Å²) in [5.41, 5.74) is 4.74. The number of hydrogen-bond donors (Lipinski definition) is 2. The van der Waals surface area contributed by atoms with Gasteiger partial charge in [0.25, 0.3) is 0 Å². The molecule has 0 aliphatic rings. The Balaban J connectivity index is -0.000000169. The Kier molecular flexibility index (Phi) is 15.3. The van der Waals surface area contributed by atoms with Gasteiger partial charge < -0.3 is 39.7 Å². The predicted octanol–water partition coefficient (Wildman–Crippen LogP) is 4.23. The van der Waals surface area contributed by atoms with Crippen molar-refractivity contribution < 1.29 is 19.5 Å².